The van der Waals surface area contributed by atoms with Crippen molar-refractivity contribution in [2.24, 2.45) is 0 Å². The van der Waals surface area contributed by atoms with E-state index in [4.69, 9.17) is 18.9 Å². The number of aromatic hydroxyl groups is 1. The summed E-state index contributed by atoms with van der Waals surface area (Å²) in [6, 6.07) is 4.04. The highest BCUT2D eigenvalue weighted by molar-refractivity contribution is 5.42. The maximum absolute atomic E-state index is 10.9. The summed E-state index contributed by atoms with van der Waals surface area (Å²) in [4.78, 5) is 12.5. The lowest BCUT2D eigenvalue weighted by Crippen LogP contribution is -2.31. The minimum atomic E-state index is -0.471. The van der Waals surface area contributed by atoms with Gasteiger partial charge in [-0.05, 0) is 6.07 Å². The van der Waals surface area contributed by atoms with Crippen molar-refractivity contribution in [2.75, 3.05) is 65.9 Å². The van der Waals surface area contributed by atoms with Gasteiger partial charge in [0.25, 0.3) is 5.69 Å². The summed E-state index contributed by atoms with van der Waals surface area (Å²) in [6.45, 7) is 5.64. The molecule has 0 atom stereocenters. The third-order valence-electron chi connectivity index (χ3n) is 3.89. The van der Waals surface area contributed by atoms with Gasteiger partial charge in [-0.15, -0.1) is 0 Å². The monoisotopic (exact) mass is 370 g/mol. The minimum absolute atomic E-state index is 0.0372. The number of nitrogens with zero attached hydrogens (tertiary/aromatic N) is 2. The van der Waals surface area contributed by atoms with Crippen LogP contribution in [-0.2, 0) is 25.5 Å². The molecule has 1 heterocycles. The van der Waals surface area contributed by atoms with Gasteiger partial charge in [-0.3, -0.25) is 15.0 Å². The van der Waals surface area contributed by atoms with Crippen molar-refractivity contribution < 1.29 is 29.0 Å². The molecular weight excluding hydrogens is 344 g/mol. The second-order valence-corrected chi connectivity index (χ2v) is 5.80. The maximum Gasteiger partial charge on any atom is 0.270 e. The van der Waals surface area contributed by atoms with E-state index in [0.29, 0.717) is 78.1 Å². The van der Waals surface area contributed by atoms with Gasteiger partial charge in [0.05, 0.1) is 57.8 Å². The van der Waals surface area contributed by atoms with E-state index < -0.39 is 4.92 Å². The second kappa shape index (κ2) is 11.8. The standard InChI is InChI=1S/C17H26N2O7/c20-17-2-1-16(19(21)22)13-15(17)14-18-3-5-23-7-9-25-11-12-26-10-8-24-6-4-18/h1-2,13,20H,3-12,14H2. The first-order valence-electron chi connectivity index (χ1n) is 8.66. The van der Waals surface area contributed by atoms with E-state index in [2.05, 4.69) is 0 Å². The second-order valence-electron chi connectivity index (χ2n) is 5.80. The van der Waals surface area contributed by atoms with E-state index in [9.17, 15) is 15.2 Å². The van der Waals surface area contributed by atoms with Crippen LogP contribution in [0.4, 0.5) is 5.69 Å². The molecule has 1 aromatic rings. The molecule has 1 fully saturated rings. The minimum Gasteiger partial charge on any atom is -0.508 e. The molecule has 0 radical (unpaired) electrons. The molecule has 0 aromatic heterocycles. The lowest BCUT2D eigenvalue weighted by atomic mass is 10.1. The Labute approximate surface area is 152 Å². The molecule has 1 aromatic carbocycles. The molecule has 0 amide bonds. The van der Waals surface area contributed by atoms with Crippen molar-refractivity contribution in [2.45, 2.75) is 6.54 Å². The number of ether oxygens (including phenoxy) is 4. The fourth-order valence-electron chi connectivity index (χ4n) is 2.47. The molecule has 0 aliphatic carbocycles. The Kier molecular flexibility index (Phi) is 9.29. The number of phenols is 1. The van der Waals surface area contributed by atoms with E-state index in [1.54, 1.807) is 0 Å². The van der Waals surface area contributed by atoms with Crippen LogP contribution in [0.2, 0.25) is 0 Å². The number of phenolic OH excluding ortho intramolecular Hbond substituents is 1. The highest BCUT2D eigenvalue weighted by atomic mass is 16.6. The van der Waals surface area contributed by atoms with Crippen LogP contribution in [0.3, 0.4) is 0 Å². The largest absolute Gasteiger partial charge is 0.508 e. The van der Waals surface area contributed by atoms with Gasteiger partial charge in [0.15, 0.2) is 0 Å². The van der Waals surface area contributed by atoms with Crippen LogP contribution in [0.1, 0.15) is 5.56 Å². The highest BCUT2D eigenvalue weighted by Gasteiger charge is 2.14. The normalized spacial score (nSPS) is 19.4. The summed E-state index contributed by atoms with van der Waals surface area (Å²) >= 11 is 0. The van der Waals surface area contributed by atoms with Gasteiger partial charge in [0, 0.05) is 37.3 Å². The first-order chi connectivity index (χ1) is 12.7. The van der Waals surface area contributed by atoms with Gasteiger partial charge >= 0.3 is 0 Å². The Balaban J connectivity index is 1.94. The quantitative estimate of drug-likeness (QED) is 0.625. The summed E-state index contributed by atoms with van der Waals surface area (Å²) in [7, 11) is 0. The predicted octanol–water partition coefficient (Wildman–Crippen LogP) is 1.18. The third-order valence-corrected chi connectivity index (χ3v) is 3.89. The van der Waals surface area contributed by atoms with Crippen molar-refractivity contribution in [1.82, 2.24) is 4.90 Å². The fourth-order valence-corrected chi connectivity index (χ4v) is 2.47. The fraction of sp³-hybridized carbons (Fsp3) is 0.647. The number of benzene rings is 1. The van der Waals surface area contributed by atoms with Crippen LogP contribution < -0.4 is 0 Å². The topological polar surface area (TPSA) is 104 Å². The van der Waals surface area contributed by atoms with Crippen molar-refractivity contribution in [3.05, 3.63) is 33.9 Å². The Morgan fingerprint density at radius 2 is 1.42 bits per heavy atom. The average Bonchev–Trinajstić information content (AvgIpc) is 2.63. The SMILES string of the molecule is O=[N+]([O-])c1ccc(O)c(CN2CCOCCOCCOCCOCC2)c1. The van der Waals surface area contributed by atoms with Crippen molar-refractivity contribution >= 4 is 5.69 Å². The number of nitro groups is 1. The molecule has 1 aliphatic heterocycles. The molecule has 26 heavy (non-hydrogen) atoms. The molecule has 9 heteroatoms. The number of nitro benzene ring substituents is 1. The summed E-state index contributed by atoms with van der Waals surface area (Å²) in [5.41, 5.74) is 0.460. The summed E-state index contributed by atoms with van der Waals surface area (Å²) in [5, 5.41) is 21.0. The third kappa shape index (κ3) is 7.63. The Hall–Kier alpha value is -1.78. The van der Waals surface area contributed by atoms with Crippen molar-refractivity contribution in [1.29, 1.82) is 0 Å². The molecule has 2 rings (SSSR count). The van der Waals surface area contributed by atoms with Gasteiger partial charge in [0.1, 0.15) is 5.75 Å². The van der Waals surface area contributed by atoms with Crippen LogP contribution in [0, 0.1) is 10.1 Å². The average molecular weight is 370 g/mol. The zero-order chi connectivity index (χ0) is 18.6. The Morgan fingerprint density at radius 3 is 1.92 bits per heavy atom. The Morgan fingerprint density at radius 1 is 0.923 bits per heavy atom. The first-order valence-corrected chi connectivity index (χ1v) is 8.66. The van der Waals surface area contributed by atoms with Gasteiger partial charge in [-0.25, -0.2) is 0 Å². The van der Waals surface area contributed by atoms with Gasteiger partial charge in [0.2, 0.25) is 0 Å². The Bertz CT molecular complexity index is 540. The number of non-ortho nitro benzene ring substituents is 1. The van der Waals surface area contributed by atoms with Crippen LogP contribution in [0.5, 0.6) is 5.75 Å². The highest BCUT2D eigenvalue weighted by Crippen LogP contribution is 2.24. The smallest absolute Gasteiger partial charge is 0.270 e. The molecule has 0 saturated carbocycles. The first kappa shape index (κ1) is 20.5. The van der Waals surface area contributed by atoms with Crippen LogP contribution in [-0.4, -0.2) is 80.9 Å². The van der Waals surface area contributed by atoms with Gasteiger partial charge in [-0.1, -0.05) is 0 Å². The van der Waals surface area contributed by atoms with E-state index >= 15 is 0 Å². The zero-order valence-corrected chi connectivity index (χ0v) is 14.8. The molecule has 146 valence electrons. The number of rotatable bonds is 3. The molecule has 0 bridgehead atoms. The molecule has 0 spiro atoms. The number of hydrogen-bond acceptors (Lipinski definition) is 8. The summed E-state index contributed by atoms with van der Waals surface area (Å²) < 4.78 is 21.9. The van der Waals surface area contributed by atoms with Crippen molar-refractivity contribution in [3.63, 3.8) is 0 Å². The number of hydrogen-bond donors (Lipinski definition) is 1. The molecule has 9 nitrogen and oxygen atoms in total. The van der Waals surface area contributed by atoms with Crippen molar-refractivity contribution in [3.8, 4) is 5.75 Å². The molecular formula is C17H26N2O7. The van der Waals surface area contributed by atoms with Gasteiger partial charge in [-0.2, -0.15) is 0 Å². The predicted molar refractivity (Wildman–Crippen MR) is 93.3 cm³/mol. The van der Waals surface area contributed by atoms with Crippen LogP contribution >= 0.6 is 0 Å². The van der Waals surface area contributed by atoms with Crippen LogP contribution in [0.15, 0.2) is 18.2 Å². The molecule has 1 aliphatic rings. The van der Waals surface area contributed by atoms with E-state index in [1.165, 1.54) is 18.2 Å². The molecule has 0 unspecified atom stereocenters. The summed E-state index contributed by atoms with van der Waals surface area (Å²) in [5.74, 6) is 0.0372. The summed E-state index contributed by atoms with van der Waals surface area (Å²) in [6.07, 6.45) is 0. The molecule has 1 N–H and O–H groups in total. The van der Waals surface area contributed by atoms with Gasteiger partial charge < -0.3 is 24.1 Å². The lowest BCUT2D eigenvalue weighted by molar-refractivity contribution is -0.385. The zero-order valence-electron chi connectivity index (χ0n) is 14.8. The van der Waals surface area contributed by atoms with E-state index in [0.717, 1.165) is 0 Å². The van der Waals surface area contributed by atoms with E-state index in [1.807, 2.05) is 4.90 Å². The van der Waals surface area contributed by atoms with E-state index in [-0.39, 0.29) is 11.4 Å². The lowest BCUT2D eigenvalue weighted by Gasteiger charge is -2.22. The van der Waals surface area contributed by atoms with Crippen LogP contribution in [0.25, 0.3) is 0 Å². The molecule has 1 saturated heterocycles. The maximum atomic E-state index is 10.9.